The van der Waals surface area contributed by atoms with Gasteiger partial charge in [0.05, 0.1) is 12.8 Å². The average molecular weight is 179 g/mol. The summed E-state index contributed by atoms with van der Waals surface area (Å²) in [5, 5.41) is 0. The molecule has 0 aromatic carbocycles. The number of aromatic nitrogens is 2. The number of rotatable bonds is 4. The number of hydrogen-bond acceptors (Lipinski definition) is 4. The summed E-state index contributed by atoms with van der Waals surface area (Å²) in [5.74, 6) is 0.551. The normalized spacial score (nSPS) is 10.6. The Morgan fingerprint density at radius 2 is 2.23 bits per heavy atom. The van der Waals surface area contributed by atoms with Gasteiger partial charge < -0.3 is 4.74 Å². The van der Waals surface area contributed by atoms with Crippen molar-refractivity contribution >= 4 is 6.21 Å². The highest BCUT2D eigenvalue weighted by molar-refractivity contribution is 5.79. The second kappa shape index (κ2) is 5.24. The predicted molar refractivity (Wildman–Crippen MR) is 51.3 cm³/mol. The monoisotopic (exact) mass is 179 g/mol. The van der Waals surface area contributed by atoms with E-state index in [9.17, 15) is 0 Å². The van der Waals surface area contributed by atoms with E-state index in [-0.39, 0.29) is 0 Å². The quantitative estimate of drug-likeness (QED) is 0.655. The molecule has 0 aliphatic rings. The fourth-order valence-electron chi connectivity index (χ4n) is 0.857. The van der Waals surface area contributed by atoms with E-state index < -0.39 is 0 Å². The lowest BCUT2D eigenvalue weighted by molar-refractivity contribution is 0.303. The van der Waals surface area contributed by atoms with Gasteiger partial charge in [0.15, 0.2) is 0 Å². The third-order valence-electron chi connectivity index (χ3n) is 1.39. The molecule has 0 amide bonds. The SMILES string of the molecule is CCCOc1nccnc1C=NC. The van der Waals surface area contributed by atoms with Gasteiger partial charge in [0.25, 0.3) is 0 Å². The molecule has 0 aliphatic heterocycles. The number of hydrogen-bond donors (Lipinski definition) is 0. The summed E-state index contributed by atoms with van der Waals surface area (Å²) >= 11 is 0. The Morgan fingerprint density at radius 3 is 2.92 bits per heavy atom. The van der Waals surface area contributed by atoms with Crippen molar-refractivity contribution in [3.63, 3.8) is 0 Å². The van der Waals surface area contributed by atoms with Crippen LogP contribution in [0.4, 0.5) is 0 Å². The molecule has 0 fully saturated rings. The van der Waals surface area contributed by atoms with Gasteiger partial charge in [0.2, 0.25) is 5.88 Å². The van der Waals surface area contributed by atoms with E-state index in [2.05, 4.69) is 15.0 Å². The van der Waals surface area contributed by atoms with Gasteiger partial charge in [-0.3, -0.25) is 4.99 Å². The van der Waals surface area contributed by atoms with Gasteiger partial charge in [-0.25, -0.2) is 9.97 Å². The van der Waals surface area contributed by atoms with Gasteiger partial charge in [-0.05, 0) is 6.42 Å². The Morgan fingerprint density at radius 1 is 1.46 bits per heavy atom. The summed E-state index contributed by atoms with van der Waals surface area (Å²) < 4.78 is 5.37. The van der Waals surface area contributed by atoms with Crippen molar-refractivity contribution in [3.05, 3.63) is 18.1 Å². The molecule has 1 heterocycles. The number of ether oxygens (including phenoxy) is 1. The van der Waals surface area contributed by atoms with Crippen molar-refractivity contribution in [1.82, 2.24) is 9.97 Å². The maximum absolute atomic E-state index is 5.37. The number of nitrogens with zero attached hydrogens (tertiary/aromatic N) is 3. The molecule has 70 valence electrons. The minimum Gasteiger partial charge on any atom is -0.476 e. The van der Waals surface area contributed by atoms with Crippen molar-refractivity contribution in [2.24, 2.45) is 4.99 Å². The zero-order valence-corrected chi connectivity index (χ0v) is 7.90. The highest BCUT2D eigenvalue weighted by Crippen LogP contribution is 2.08. The second-order valence-electron chi connectivity index (χ2n) is 2.48. The molecular weight excluding hydrogens is 166 g/mol. The first-order chi connectivity index (χ1) is 6.38. The lowest BCUT2D eigenvalue weighted by Gasteiger charge is -2.04. The lowest BCUT2D eigenvalue weighted by Crippen LogP contribution is -2.02. The highest BCUT2D eigenvalue weighted by Gasteiger charge is 2.01. The minimum absolute atomic E-state index is 0.551. The van der Waals surface area contributed by atoms with Crippen LogP contribution in [0.5, 0.6) is 5.88 Å². The van der Waals surface area contributed by atoms with Crippen LogP contribution in [0.1, 0.15) is 19.0 Å². The van der Waals surface area contributed by atoms with E-state index in [1.807, 2.05) is 6.92 Å². The van der Waals surface area contributed by atoms with Gasteiger partial charge in [-0.1, -0.05) is 6.92 Å². The molecule has 0 atom stereocenters. The number of aliphatic imine (C=N–C) groups is 1. The molecule has 0 N–H and O–H groups in total. The Labute approximate surface area is 77.7 Å². The fourth-order valence-corrected chi connectivity index (χ4v) is 0.857. The molecule has 1 aromatic rings. The minimum atomic E-state index is 0.551. The Balaban J connectivity index is 2.78. The molecule has 4 nitrogen and oxygen atoms in total. The zero-order chi connectivity index (χ0) is 9.52. The van der Waals surface area contributed by atoms with Crippen LogP contribution in [0.25, 0.3) is 0 Å². The van der Waals surface area contributed by atoms with Crippen LogP contribution >= 0.6 is 0 Å². The summed E-state index contributed by atoms with van der Waals surface area (Å²) in [7, 11) is 1.69. The van der Waals surface area contributed by atoms with Crippen molar-refractivity contribution < 1.29 is 4.74 Å². The Bertz CT molecular complexity index is 286. The van der Waals surface area contributed by atoms with E-state index >= 15 is 0 Å². The third kappa shape index (κ3) is 2.82. The molecule has 0 saturated heterocycles. The van der Waals surface area contributed by atoms with Crippen LogP contribution in [0.15, 0.2) is 17.4 Å². The molecule has 0 aliphatic carbocycles. The van der Waals surface area contributed by atoms with E-state index in [0.29, 0.717) is 18.2 Å². The molecule has 13 heavy (non-hydrogen) atoms. The summed E-state index contributed by atoms with van der Waals surface area (Å²) in [5.41, 5.74) is 0.679. The van der Waals surface area contributed by atoms with E-state index in [4.69, 9.17) is 4.74 Å². The highest BCUT2D eigenvalue weighted by atomic mass is 16.5. The van der Waals surface area contributed by atoms with Gasteiger partial charge >= 0.3 is 0 Å². The molecular formula is C9H13N3O. The van der Waals surface area contributed by atoms with Crippen LogP contribution in [0.3, 0.4) is 0 Å². The Kier molecular flexibility index (Phi) is 3.88. The molecule has 1 aromatic heterocycles. The maximum atomic E-state index is 5.37. The molecule has 4 heteroatoms. The van der Waals surface area contributed by atoms with Gasteiger partial charge in [0.1, 0.15) is 5.69 Å². The molecule has 0 saturated carbocycles. The van der Waals surface area contributed by atoms with E-state index in [1.165, 1.54) is 0 Å². The summed E-state index contributed by atoms with van der Waals surface area (Å²) in [6, 6.07) is 0. The largest absolute Gasteiger partial charge is 0.476 e. The fraction of sp³-hybridized carbons (Fsp3) is 0.444. The van der Waals surface area contributed by atoms with Crippen LogP contribution in [-0.4, -0.2) is 29.8 Å². The first-order valence-corrected chi connectivity index (χ1v) is 4.24. The van der Waals surface area contributed by atoms with Crippen LogP contribution in [0, 0.1) is 0 Å². The van der Waals surface area contributed by atoms with Crippen LogP contribution < -0.4 is 4.74 Å². The average Bonchev–Trinajstić information content (AvgIpc) is 2.17. The molecule has 0 bridgehead atoms. The van der Waals surface area contributed by atoms with E-state index in [1.54, 1.807) is 25.7 Å². The second-order valence-corrected chi connectivity index (χ2v) is 2.48. The zero-order valence-electron chi connectivity index (χ0n) is 7.90. The molecule has 1 rings (SSSR count). The predicted octanol–water partition coefficient (Wildman–Crippen LogP) is 1.31. The van der Waals surface area contributed by atoms with Gasteiger partial charge in [-0.15, -0.1) is 0 Å². The first-order valence-electron chi connectivity index (χ1n) is 4.24. The summed E-state index contributed by atoms with van der Waals surface area (Å²) in [4.78, 5) is 12.0. The van der Waals surface area contributed by atoms with Crippen LogP contribution in [-0.2, 0) is 0 Å². The molecule has 0 unspecified atom stereocenters. The summed E-state index contributed by atoms with van der Waals surface area (Å²) in [6.07, 6.45) is 5.82. The van der Waals surface area contributed by atoms with Crippen molar-refractivity contribution in [3.8, 4) is 5.88 Å². The third-order valence-corrected chi connectivity index (χ3v) is 1.39. The Hall–Kier alpha value is -1.45. The van der Waals surface area contributed by atoms with Gasteiger partial charge in [0, 0.05) is 19.4 Å². The first kappa shape index (κ1) is 9.64. The lowest BCUT2D eigenvalue weighted by atomic mass is 10.4. The van der Waals surface area contributed by atoms with Gasteiger partial charge in [-0.2, -0.15) is 0 Å². The molecule has 0 radical (unpaired) electrons. The van der Waals surface area contributed by atoms with Crippen molar-refractivity contribution in [2.45, 2.75) is 13.3 Å². The topological polar surface area (TPSA) is 47.4 Å². The molecule has 0 spiro atoms. The summed E-state index contributed by atoms with van der Waals surface area (Å²) in [6.45, 7) is 2.70. The van der Waals surface area contributed by atoms with Crippen molar-refractivity contribution in [1.29, 1.82) is 0 Å². The standard InChI is InChI=1S/C9H13N3O/c1-3-6-13-9-8(7-10-2)11-4-5-12-9/h4-5,7H,3,6H2,1-2H3. The maximum Gasteiger partial charge on any atom is 0.241 e. The van der Waals surface area contributed by atoms with Crippen molar-refractivity contribution in [2.75, 3.05) is 13.7 Å². The smallest absolute Gasteiger partial charge is 0.241 e. The van der Waals surface area contributed by atoms with E-state index in [0.717, 1.165) is 6.42 Å². The van der Waals surface area contributed by atoms with Crippen LogP contribution in [0.2, 0.25) is 0 Å².